The second-order valence-corrected chi connectivity index (χ2v) is 4.15. The molecule has 0 atom stereocenters. The molecule has 0 aliphatic carbocycles. The summed E-state index contributed by atoms with van der Waals surface area (Å²) in [6.45, 7) is 0. The Hall–Kier alpha value is -1.03. The number of hydrogen-bond acceptors (Lipinski definition) is 4. The number of halogens is 12. The SMILES string of the molecule is O=C([O-])C(F)(F)C(F)(F)C(=O)C(F)(F)C(F)(F)C(F)(F)C(=O)C(F)F.[Na+]. The largest absolute Gasteiger partial charge is 1.00 e. The summed E-state index contributed by atoms with van der Waals surface area (Å²) in [4.78, 5) is 30.4. The number of carbonyl (C=O) groups excluding carboxylic acids is 3. The molecule has 0 aromatic rings. The predicted octanol–water partition coefficient (Wildman–Crippen LogP) is -1.68. The summed E-state index contributed by atoms with van der Waals surface area (Å²) in [5.41, 5.74) is 0. The number of aliphatic carboxylic acids is 1. The molecule has 0 aromatic heterocycles. The van der Waals surface area contributed by atoms with Crippen LogP contribution in [0.25, 0.3) is 0 Å². The summed E-state index contributed by atoms with van der Waals surface area (Å²) in [6.07, 6.45) is -5.04. The van der Waals surface area contributed by atoms with Crippen molar-refractivity contribution >= 4 is 17.5 Å². The zero-order valence-electron chi connectivity index (χ0n) is 11.7. The molecule has 0 radical (unpaired) electrons. The first-order chi connectivity index (χ1) is 10.7. The molecule has 0 aliphatic heterocycles. The van der Waals surface area contributed by atoms with Crippen LogP contribution in [0.2, 0.25) is 0 Å². The molecule has 0 rings (SSSR count). The molecule has 0 saturated carbocycles. The van der Waals surface area contributed by atoms with Crippen LogP contribution in [-0.2, 0) is 14.4 Å². The van der Waals surface area contributed by atoms with Gasteiger partial charge < -0.3 is 9.90 Å². The summed E-state index contributed by atoms with van der Waals surface area (Å²) >= 11 is 0. The molecule has 0 aliphatic rings. The molecule has 0 aromatic carbocycles. The Labute approximate surface area is 155 Å². The summed E-state index contributed by atoms with van der Waals surface area (Å²) in [7, 11) is 0. The molecule has 0 saturated heterocycles. The topological polar surface area (TPSA) is 74.3 Å². The van der Waals surface area contributed by atoms with Crippen LogP contribution >= 0.6 is 0 Å². The molecule has 17 heteroatoms. The normalized spacial score (nSPS) is 14.0. The fraction of sp³-hybridized carbons (Fsp3) is 0.667. The van der Waals surface area contributed by atoms with Gasteiger partial charge in [-0.1, -0.05) is 0 Å². The van der Waals surface area contributed by atoms with Crippen molar-refractivity contribution in [3.63, 3.8) is 0 Å². The molecular weight excluding hydrogens is 423 g/mol. The monoisotopic (exact) mass is 424 g/mol. The summed E-state index contributed by atoms with van der Waals surface area (Å²) < 4.78 is 151. The van der Waals surface area contributed by atoms with Crippen LogP contribution in [0.4, 0.5) is 52.7 Å². The average Bonchev–Trinajstić information content (AvgIpc) is 2.44. The van der Waals surface area contributed by atoms with E-state index in [2.05, 4.69) is 0 Å². The van der Waals surface area contributed by atoms with E-state index in [4.69, 9.17) is 0 Å². The Balaban J connectivity index is 0. The number of hydrogen-bond donors (Lipinski definition) is 0. The van der Waals surface area contributed by atoms with Gasteiger partial charge in [0.15, 0.2) is 0 Å². The van der Waals surface area contributed by atoms with E-state index in [0.29, 0.717) is 0 Å². The molecule has 0 fully saturated rings. The Kier molecular flexibility index (Phi) is 7.88. The van der Waals surface area contributed by atoms with Gasteiger partial charge in [-0.05, 0) is 0 Å². The maximum Gasteiger partial charge on any atom is 1.00 e. The minimum atomic E-state index is -7.64. The van der Waals surface area contributed by atoms with Crippen molar-refractivity contribution in [2.45, 2.75) is 36.0 Å². The Morgan fingerprint density at radius 2 is 1.00 bits per heavy atom. The third-order valence-electron chi connectivity index (χ3n) is 2.52. The first-order valence-corrected chi connectivity index (χ1v) is 5.18. The van der Waals surface area contributed by atoms with E-state index < -0.39 is 53.6 Å². The Morgan fingerprint density at radius 1 is 0.654 bits per heavy atom. The Bertz CT molecular complexity index is 587. The first kappa shape index (κ1) is 27.2. The zero-order valence-corrected chi connectivity index (χ0v) is 13.7. The minimum absolute atomic E-state index is 0. The molecule has 0 unspecified atom stereocenters. The quantitative estimate of drug-likeness (QED) is 0.345. The zero-order chi connectivity index (χ0) is 20.8. The predicted molar refractivity (Wildman–Crippen MR) is 45.8 cm³/mol. The van der Waals surface area contributed by atoms with Crippen molar-refractivity contribution in [2.75, 3.05) is 0 Å². The summed E-state index contributed by atoms with van der Waals surface area (Å²) in [5, 5.41) is 9.72. The number of carboxylic acids is 1. The molecule has 0 bridgehead atoms. The van der Waals surface area contributed by atoms with Crippen molar-refractivity contribution in [3.05, 3.63) is 0 Å². The van der Waals surface area contributed by atoms with Crippen LogP contribution in [0.15, 0.2) is 0 Å². The molecule has 0 heterocycles. The smallest absolute Gasteiger partial charge is 0.544 e. The molecular formula is C9HF12NaO4. The van der Waals surface area contributed by atoms with E-state index in [9.17, 15) is 72.2 Å². The number of ketones is 2. The van der Waals surface area contributed by atoms with Gasteiger partial charge in [0.1, 0.15) is 5.97 Å². The van der Waals surface area contributed by atoms with E-state index >= 15 is 0 Å². The van der Waals surface area contributed by atoms with Gasteiger partial charge in [-0.2, -0.15) is 43.9 Å². The van der Waals surface area contributed by atoms with Gasteiger partial charge in [0.25, 0.3) is 11.6 Å². The molecule has 146 valence electrons. The van der Waals surface area contributed by atoms with Crippen molar-refractivity contribution in [1.82, 2.24) is 0 Å². The third-order valence-corrected chi connectivity index (χ3v) is 2.52. The van der Waals surface area contributed by atoms with E-state index in [1.54, 1.807) is 0 Å². The van der Waals surface area contributed by atoms with E-state index in [1.165, 1.54) is 0 Å². The van der Waals surface area contributed by atoms with Crippen LogP contribution in [0.1, 0.15) is 0 Å². The number of rotatable bonds is 8. The summed E-state index contributed by atoms with van der Waals surface area (Å²) in [5.74, 6) is -50.0. The van der Waals surface area contributed by atoms with Crippen LogP contribution < -0.4 is 34.7 Å². The fourth-order valence-corrected chi connectivity index (χ4v) is 1.10. The van der Waals surface area contributed by atoms with Gasteiger partial charge in [0.05, 0.1) is 0 Å². The second-order valence-electron chi connectivity index (χ2n) is 4.15. The summed E-state index contributed by atoms with van der Waals surface area (Å²) in [6, 6.07) is 0. The van der Waals surface area contributed by atoms with Crippen LogP contribution in [0.5, 0.6) is 0 Å². The number of alkyl halides is 12. The van der Waals surface area contributed by atoms with Gasteiger partial charge in [-0.25, -0.2) is 8.78 Å². The number of carbonyl (C=O) groups is 3. The van der Waals surface area contributed by atoms with Gasteiger partial charge in [0.2, 0.25) is 0 Å². The van der Waals surface area contributed by atoms with Crippen LogP contribution in [0, 0.1) is 0 Å². The van der Waals surface area contributed by atoms with Crippen molar-refractivity contribution in [3.8, 4) is 0 Å². The van der Waals surface area contributed by atoms with Crippen LogP contribution in [-0.4, -0.2) is 53.6 Å². The van der Waals surface area contributed by atoms with E-state index in [0.717, 1.165) is 0 Å². The minimum Gasteiger partial charge on any atom is -0.544 e. The van der Waals surface area contributed by atoms with Crippen molar-refractivity contribution < 1.29 is 102 Å². The maximum atomic E-state index is 13.0. The number of carboxylic acid groups (broad SMARTS) is 1. The third kappa shape index (κ3) is 3.81. The molecule has 0 N–H and O–H groups in total. The molecule has 0 amide bonds. The van der Waals surface area contributed by atoms with Crippen molar-refractivity contribution in [2.24, 2.45) is 0 Å². The molecule has 26 heavy (non-hydrogen) atoms. The Morgan fingerprint density at radius 3 is 1.27 bits per heavy atom. The molecule has 0 spiro atoms. The van der Waals surface area contributed by atoms with Gasteiger partial charge in [-0.15, -0.1) is 0 Å². The average molecular weight is 424 g/mol. The second kappa shape index (κ2) is 7.53. The van der Waals surface area contributed by atoms with E-state index in [1.807, 2.05) is 0 Å². The van der Waals surface area contributed by atoms with Gasteiger partial charge >= 0.3 is 65.6 Å². The fourth-order valence-electron chi connectivity index (χ4n) is 1.10. The van der Waals surface area contributed by atoms with E-state index in [-0.39, 0.29) is 29.6 Å². The van der Waals surface area contributed by atoms with Gasteiger partial charge in [0, 0.05) is 0 Å². The number of Topliss-reactive ketones (excluding diaryl/α,β-unsaturated/α-hetero) is 2. The molecule has 4 nitrogen and oxygen atoms in total. The maximum absolute atomic E-state index is 13.0. The standard InChI is InChI=1S/C9H2F12O4.Na/c10-2(11)1(22)5(12,13)9(20,21)7(16,17)3(23)6(14,15)8(18,19)4(24)25;/h2H,(H,24,25);/q;+1/p-1. The van der Waals surface area contributed by atoms with Crippen LogP contribution in [0.3, 0.4) is 0 Å². The van der Waals surface area contributed by atoms with Crippen molar-refractivity contribution in [1.29, 1.82) is 0 Å². The van der Waals surface area contributed by atoms with Gasteiger partial charge in [-0.3, -0.25) is 9.59 Å². The first-order valence-electron chi connectivity index (χ1n) is 5.18.